The van der Waals surface area contributed by atoms with E-state index in [1.165, 1.54) is 16.5 Å². The van der Waals surface area contributed by atoms with Crippen molar-refractivity contribution in [3.05, 3.63) is 71.9 Å². The van der Waals surface area contributed by atoms with Gasteiger partial charge in [-0.3, -0.25) is 14.6 Å². The highest BCUT2D eigenvalue weighted by atomic mass is 16.1. The molecule has 0 aliphatic carbocycles. The first-order chi connectivity index (χ1) is 14.2. The molecule has 1 aliphatic rings. The summed E-state index contributed by atoms with van der Waals surface area (Å²) >= 11 is 0. The lowest BCUT2D eigenvalue weighted by Crippen LogP contribution is -2.48. The second-order valence-electron chi connectivity index (χ2n) is 7.91. The molecule has 1 amide bonds. The number of fused-ring (bicyclic) bond motifs is 1. The number of carbonyl (C=O) groups is 1. The van der Waals surface area contributed by atoms with Gasteiger partial charge in [-0.1, -0.05) is 48.5 Å². The fraction of sp³-hybridized carbons (Fsp3) is 0.375. The van der Waals surface area contributed by atoms with Crippen molar-refractivity contribution in [3.63, 3.8) is 0 Å². The van der Waals surface area contributed by atoms with E-state index in [-0.39, 0.29) is 5.91 Å². The van der Waals surface area contributed by atoms with Crippen LogP contribution in [0.2, 0.25) is 0 Å². The molecular weight excluding hydrogens is 360 g/mol. The Bertz CT molecular complexity index is 942. The molecule has 5 nitrogen and oxygen atoms in total. The largest absolute Gasteiger partial charge is 0.355 e. The second kappa shape index (κ2) is 9.25. The Balaban J connectivity index is 1.18. The topological polar surface area (TPSA) is 40.5 Å². The van der Waals surface area contributed by atoms with Crippen LogP contribution in [-0.4, -0.2) is 59.5 Å². The lowest BCUT2D eigenvalue weighted by Gasteiger charge is -2.34. The summed E-state index contributed by atoms with van der Waals surface area (Å²) in [6, 6.07) is 18.9. The van der Waals surface area contributed by atoms with Gasteiger partial charge >= 0.3 is 0 Å². The summed E-state index contributed by atoms with van der Waals surface area (Å²) in [5.41, 5.74) is 3.64. The van der Waals surface area contributed by atoms with E-state index >= 15 is 0 Å². The molecule has 29 heavy (non-hydrogen) atoms. The molecule has 3 aromatic rings. The highest BCUT2D eigenvalue weighted by Crippen LogP contribution is 2.20. The van der Waals surface area contributed by atoms with E-state index in [9.17, 15) is 4.79 Å². The summed E-state index contributed by atoms with van der Waals surface area (Å²) in [4.78, 5) is 17.4. The number of piperazine rings is 1. The number of amides is 1. The van der Waals surface area contributed by atoms with E-state index in [4.69, 9.17) is 0 Å². The lowest BCUT2D eigenvalue weighted by atomic mass is 10.1. The molecule has 0 saturated carbocycles. The van der Waals surface area contributed by atoms with Crippen LogP contribution in [0.15, 0.2) is 60.8 Å². The number of nitrogens with zero attached hydrogens (tertiary/aromatic N) is 3. The van der Waals surface area contributed by atoms with Gasteiger partial charge in [0, 0.05) is 70.0 Å². The summed E-state index contributed by atoms with van der Waals surface area (Å²) in [6.07, 6.45) is 2.50. The molecule has 4 rings (SSSR count). The minimum absolute atomic E-state index is 0.101. The number of benzene rings is 2. The molecule has 0 unspecified atom stereocenters. The van der Waals surface area contributed by atoms with E-state index in [2.05, 4.69) is 68.3 Å². The molecule has 0 bridgehead atoms. The van der Waals surface area contributed by atoms with E-state index in [1.54, 1.807) is 0 Å². The van der Waals surface area contributed by atoms with E-state index in [1.807, 2.05) is 19.2 Å². The third kappa shape index (κ3) is 5.05. The first-order valence-electron chi connectivity index (χ1n) is 10.5. The predicted octanol–water partition coefficient (Wildman–Crippen LogP) is 2.65. The molecule has 1 fully saturated rings. The van der Waals surface area contributed by atoms with Crippen LogP contribution in [-0.2, 0) is 24.8 Å². The fourth-order valence-electron chi connectivity index (χ4n) is 4.17. The van der Waals surface area contributed by atoms with Crippen LogP contribution in [0.5, 0.6) is 0 Å². The molecule has 2 aromatic carbocycles. The van der Waals surface area contributed by atoms with Gasteiger partial charge in [-0.15, -0.1) is 0 Å². The summed E-state index contributed by atoms with van der Waals surface area (Å²) in [7, 11) is 2.03. The number of carbonyl (C=O) groups excluding carboxylic acids is 1. The van der Waals surface area contributed by atoms with Crippen molar-refractivity contribution in [3.8, 4) is 0 Å². The van der Waals surface area contributed by atoms with Crippen molar-refractivity contribution < 1.29 is 4.79 Å². The maximum absolute atomic E-state index is 12.4. The van der Waals surface area contributed by atoms with Crippen molar-refractivity contribution in [1.82, 2.24) is 19.7 Å². The number of nitrogens with one attached hydrogen (secondary N) is 1. The minimum atomic E-state index is 0.101. The van der Waals surface area contributed by atoms with Gasteiger partial charge in [0.05, 0.1) is 6.42 Å². The van der Waals surface area contributed by atoms with E-state index in [0.717, 1.165) is 44.8 Å². The molecule has 152 valence electrons. The first-order valence-corrected chi connectivity index (χ1v) is 10.5. The summed E-state index contributed by atoms with van der Waals surface area (Å²) in [5, 5.41) is 4.27. The van der Waals surface area contributed by atoms with Gasteiger partial charge in [0.25, 0.3) is 0 Å². The quantitative estimate of drug-likeness (QED) is 0.674. The molecule has 1 saturated heterocycles. The molecule has 0 radical (unpaired) electrons. The number of aromatic nitrogens is 1. The zero-order chi connectivity index (χ0) is 20.1. The Morgan fingerprint density at radius 3 is 2.41 bits per heavy atom. The first kappa shape index (κ1) is 19.7. The molecule has 2 heterocycles. The molecule has 1 N–H and O–H groups in total. The summed E-state index contributed by atoms with van der Waals surface area (Å²) in [5.74, 6) is 0.101. The average molecular weight is 391 g/mol. The fourth-order valence-corrected chi connectivity index (χ4v) is 4.17. The van der Waals surface area contributed by atoms with Gasteiger partial charge in [-0.25, -0.2) is 0 Å². The van der Waals surface area contributed by atoms with Crippen LogP contribution in [0.25, 0.3) is 10.9 Å². The molecular formula is C24H30N4O. The monoisotopic (exact) mass is 390 g/mol. The Morgan fingerprint density at radius 1 is 0.931 bits per heavy atom. The van der Waals surface area contributed by atoms with Crippen molar-refractivity contribution in [2.45, 2.75) is 13.0 Å². The Kier molecular flexibility index (Phi) is 6.27. The van der Waals surface area contributed by atoms with Crippen LogP contribution in [0, 0.1) is 0 Å². The number of rotatable bonds is 7. The maximum atomic E-state index is 12.4. The zero-order valence-corrected chi connectivity index (χ0v) is 17.2. The normalized spacial score (nSPS) is 15.6. The van der Waals surface area contributed by atoms with Gasteiger partial charge in [0.1, 0.15) is 0 Å². The Hall–Kier alpha value is -2.63. The van der Waals surface area contributed by atoms with E-state index < -0.39 is 0 Å². The zero-order valence-electron chi connectivity index (χ0n) is 17.2. The number of hydrogen-bond donors (Lipinski definition) is 1. The lowest BCUT2D eigenvalue weighted by molar-refractivity contribution is -0.120. The van der Waals surface area contributed by atoms with Crippen molar-refractivity contribution in [2.24, 2.45) is 7.05 Å². The van der Waals surface area contributed by atoms with Gasteiger partial charge in [-0.2, -0.15) is 0 Å². The highest BCUT2D eigenvalue weighted by molar-refractivity contribution is 5.89. The molecule has 1 aromatic heterocycles. The van der Waals surface area contributed by atoms with Crippen LogP contribution < -0.4 is 5.32 Å². The molecule has 0 atom stereocenters. The SMILES string of the molecule is Cn1cc(CC(=O)NCCN2CCN(Cc3ccccc3)CC2)c2ccccc21. The van der Waals surface area contributed by atoms with Crippen molar-refractivity contribution >= 4 is 16.8 Å². The number of hydrogen-bond acceptors (Lipinski definition) is 3. The molecule has 1 aliphatic heterocycles. The highest BCUT2D eigenvalue weighted by Gasteiger charge is 2.17. The third-order valence-electron chi connectivity index (χ3n) is 5.79. The van der Waals surface area contributed by atoms with Crippen LogP contribution in [0.1, 0.15) is 11.1 Å². The summed E-state index contributed by atoms with van der Waals surface area (Å²) < 4.78 is 2.09. The van der Waals surface area contributed by atoms with Crippen LogP contribution >= 0.6 is 0 Å². The average Bonchev–Trinajstić information content (AvgIpc) is 3.06. The Labute approximate surface area is 172 Å². The van der Waals surface area contributed by atoms with E-state index in [0.29, 0.717) is 13.0 Å². The number of para-hydroxylation sites is 1. The van der Waals surface area contributed by atoms with Gasteiger partial charge in [0.2, 0.25) is 5.91 Å². The second-order valence-corrected chi connectivity index (χ2v) is 7.91. The van der Waals surface area contributed by atoms with Crippen molar-refractivity contribution in [1.29, 1.82) is 0 Å². The standard InChI is InChI=1S/C24H30N4O/c1-26-19-21(22-9-5-6-10-23(22)26)17-24(29)25-11-12-27-13-15-28(16-14-27)18-20-7-3-2-4-8-20/h2-10,19H,11-18H2,1H3,(H,25,29). The predicted molar refractivity (Wildman–Crippen MR) is 118 cm³/mol. The van der Waals surface area contributed by atoms with Gasteiger partial charge in [-0.05, 0) is 17.2 Å². The smallest absolute Gasteiger partial charge is 0.224 e. The third-order valence-corrected chi connectivity index (χ3v) is 5.79. The minimum Gasteiger partial charge on any atom is -0.355 e. The summed E-state index contributed by atoms with van der Waals surface area (Å²) in [6.45, 7) is 6.94. The molecule has 0 spiro atoms. The van der Waals surface area contributed by atoms with Gasteiger partial charge < -0.3 is 9.88 Å². The van der Waals surface area contributed by atoms with Gasteiger partial charge in [0.15, 0.2) is 0 Å². The van der Waals surface area contributed by atoms with Crippen LogP contribution in [0.3, 0.4) is 0 Å². The molecule has 5 heteroatoms. The Morgan fingerprint density at radius 2 is 1.62 bits per heavy atom. The maximum Gasteiger partial charge on any atom is 0.224 e. The number of aryl methyl sites for hydroxylation is 1. The van der Waals surface area contributed by atoms with Crippen LogP contribution in [0.4, 0.5) is 0 Å². The van der Waals surface area contributed by atoms with Crippen molar-refractivity contribution in [2.75, 3.05) is 39.3 Å².